The lowest BCUT2D eigenvalue weighted by atomic mass is 10.0. The Morgan fingerprint density at radius 2 is 1.89 bits per heavy atom. The molecule has 2 aromatic rings. The van der Waals surface area contributed by atoms with Crippen molar-refractivity contribution in [1.29, 1.82) is 0 Å². The van der Waals surface area contributed by atoms with Gasteiger partial charge in [-0.3, -0.25) is 4.79 Å². The van der Waals surface area contributed by atoms with Gasteiger partial charge in [0.25, 0.3) is 0 Å². The number of rotatable bonds is 4. The summed E-state index contributed by atoms with van der Waals surface area (Å²) < 4.78 is 18.6. The molecular weight excluding hydrogens is 311 g/mol. The number of hydrogen-bond acceptors (Lipinski definition) is 2. The molecule has 0 unspecified atom stereocenters. The number of ether oxygens (including phenoxy) is 1. The molecule has 0 spiro atoms. The summed E-state index contributed by atoms with van der Waals surface area (Å²) in [6.07, 6.45) is 0.241. The standard InChI is InChI=1S/C15H12BrFO2/c1-19-12-6-7-13(14(16)9-12)15(18)8-10-2-4-11(17)5-3-10/h2-7,9H,8H2,1H3. The number of ketones is 1. The van der Waals surface area contributed by atoms with Crippen LogP contribution in [0.1, 0.15) is 15.9 Å². The van der Waals surface area contributed by atoms with Crippen LogP contribution in [0.15, 0.2) is 46.9 Å². The molecule has 0 saturated carbocycles. The first-order valence-electron chi connectivity index (χ1n) is 5.71. The molecule has 4 heteroatoms. The van der Waals surface area contributed by atoms with E-state index in [1.54, 1.807) is 37.4 Å². The highest BCUT2D eigenvalue weighted by Gasteiger charge is 2.11. The van der Waals surface area contributed by atoms with Gasteiger partial charge in [0.2, 0.25) is 0 Å². The van der Waals surface area contributed by atoms with E-state index >= 15 is 0 Å². The van der Waals surface area contributed by atoms with Gasteiger partial charge in [-0.2, -0.15) is 0 Å². The summed E-state index contributed by atoms with van der Waals surface area (Å²) in [5.41, 5.74) is 1.37. The molecule has 0 aromatic heterocycles. The zero-order chi connectivity index (χ0) is 13.8. The van der Waals surface area contributed by atoms with Crippen LogP contribution < -0.4 is 4.74 Å². The van der Waals surface area contributed by atoms with Crippen molar-refractivity contribution in [1.82, 2.24) is 0 Å². The second kappa shape index (κ2) is 5.97. The van der Waals surface area contributed by atoms with Crippen molar-refractivity contribution < 1.29 is 13.9 Å². The van der Waals surface area contributed by atoms with Crippen LogP contribution in [0.4, 0.5) is 4.39 Å². The minimum Gasteiger partial charge on any atom is -0.497 e. The SMILES string of the molecule is COc1ccc(C(=O)Cc2ccc(F)cc2)c(Br)c1. The first-order valence-corrected chi connectivity index (χ1v) is 6.50. The van der Waals surface area contributed by atoms with Crippen LogP contribution >= 0.6 is 15.9 Å². The highest BCUT2D eigenvalue weighted by molar-refractivity contribution is 9.10. The first-order chi connectivity index (χ1) is 9.10. The third-order valence-electron chi connectivity index (χ3n) is 2.75. The number of benzene rings is 2. The van der Waals surface area contributed by atoms with E-state index in [0.29, 0.717) is 15.8 Å². The lowest BCUT2D eigenvalue weighted by Gasteiger charge is -2.06. The Bertz CT molecular complexity index is 594. The molecule has 0 radical (unpaired) electrons. The third kappa shape index (κ3) is 3.41. The molecule has 0 aliphatic heterocycles. The van der Waals surface area contributed by atoms with E-state index in [-0.39, 0.29) is 18.0 Å². The fourth-order valence-electron chi connectivity index (χ4n) is 1.73. The molecule has 0 heterocycles. The second-order valence-electron chi connectivity index (χ2n) is 4.07. The molecule has 0 atom stereocenters. The molecule has 98 valence electrons. The number of Topliss-reactive ketones (excluding diaryl/α,β-unsaturated/α-hetero) is 1. The molecular formula is C15H12BrFO2. The second-order valence-corrected chi connectivity index (χ2v) is 4.93. The molecule has 0 saturated heterocycles. The Labute approximate surface area is 119 Å². The van der Waals surface area contributed by atoms with Gasteiger partial charge < -0.3 is 4.74 Å². The molecule has 0 aliphatic rings. The van der Waals surface area contributed by atoms with Gasteiger partial charge in [0, 0.05) is 16.5 Å². The average molecular weight is 323 g/mol. The Kier molecular flexibility index (Phi) is 4.32. The summed E-state index contributed by atoms with van der Waals surface area (Å²) in [4.78, 5) is 12.2. The first kappa shape index (κ1) is 13.7. The van der Waals surface area contributed by atoms with Gasteiger partial charge in [0.1, 0.15) is 11.6 Å². The topological polar surface area (TPSA) is 26.3 Å². The van der Waals surface area contributed by atoms with E-state index in [9.17, 15) is 9.18 Å². The van der Waals surface area contributed by atoms with Gasteiger partial charge in [-0.25, -0.2) is 4.39 Å². The quantitative estimate of drug-likeness (QED) is 0.795. The van der Waals surface area contributed by atoms with Crippen LogP contribution in [0.5, 0.6) is 5.75 Å². The van der Waals surface area contributed by atoms with Crippen LogP contribution in [-0.2, 0) is 6.42 Å². The summed E-state index contributed by atoms with van der Waals surface area (Å²) >= 11 is 3.35. The van der Waals surface area contributed by atoms with Crippen molar-refractivity contribution in [3.63, 3.8) is 0 Å². The zero-order valence-corrected chi connectivity index (χ0v) is 11.9. The number of halogens is 2. The van der Waals surface area contributed by atoms with Crippen LogP contribution in [0.3, 0.4) is 0 Å². The predicted octanol–water partition coefficient (Wildman–Crippen LogP) is 4.02. The fourth-order valence-corrected chi connectivity index (χ4v) is 2.31. The zero-order valence-electron chi connectivity index (χ0n) is 10.3. The van der Waals surface area contributed by atoms with Crippen molar-refractivity contribution in [2.75, 3.05) is 7.11 Å². The molecule has 2 aromatic carbocycles. The molecule has 19 heavy (non-hydrogen) atoms. The minimum atomic E-state index is -0.304. The van der Waals surface area contributed by atoms with Gasteiger partial charge in [-0.05, 0) is 51.8 Å². The van der Waals surface area contributed by atoms with Gasteiger partial charge in [-0.15, -0.1) is 0 Å². The van der Waals surface area contributed by atoms with Gasteiger partial charge >= 0.3 is 0 Å². The Morgan fingerprint density at radius 3 is 2.47 bits per heavy atom. The van der Waals surface area contributed by atoms with Crippen molar-refractivity contribution in [2.24, 2.45) is 0 Å². The highest BCUT2D eigenvalue weighted by atomic mass is 79.9. The lowest BCUT2D eigenvalue weighted by Crippen LogP contribution is -2.04. The molecule has 2 nitrogen and oxygen atoms in total. The number of methoxy groups -OCH3 is 1. The Hall–Kier alpha value is -1.68. The van der Waals surface area contributed by atoms with Gasteiger partial charge in [0.15, 0.2) is 5.78 Å². The van der Waals surface area contributed by atoms with Crippen LogP contribution in [0, 0.1) is 5.82 Å². The maximum Gasteiger partial charge on any atom is 0.168 e. The fraction of sp³-hybridized carbons (Fsp3) is 0.133. The summed E-state index contributed by atoms with van der Waals surface area (Å²) in [6.45, 7) is 0. The summed E-state index contributed by atoms with van der Waals surface area (Å²) in [7, 11) is 1.57. The monoisotopic (exact) mass is 322 g/mol. The van der Waals surface area contributed by atoms with Crippen molar-refractivity contribution in [3.8, 4) is 5.75 Å². The average Bonchev–Trinajstić information content (AvgIpc) is 2.41. The minimum absolute atomic E-state index is 0.0267. The Balaban J connectivity index is 2.18. The number of carbonyl (C=O) groups is 1. The predicted molar refractivity (Wildman–Crippen MR) is 75.1 cm³/mol. The largest absolute Gasteiger partial charge is 0.497 e. The summed E-state index contributed by atoms with van der Waals surface area (Å²) in [6, 6.07) is 11.1. The van der Waals surface area contributed by atoms with E-state index in [0.717, 1.165) is 5.56 Å². The van der Waals surface area contributed by atoms with Crippen molar-refractivity contribution >= 4 is 21.7 Å². The molecule has 0 fully saturated rings. The van der Waals surface area contributed by atoms with Crippen LogP contribution in [0.2, 0.25) is 0 Å². The lowest BCUT2D eigenvalue weighted by molar-refractivity contribution is 0.0992. The van der Waals surface area contributed by atoms with E-state index in [1.807, 2.05) is 0 Å². The van der Waals surface area contributed by atoms with Gasteiger partial charge in [-0.1, -0.05) is 12.1 Å². The van der Waals surface area contributed by atoms with Crippen LogP contribution in [-0.4, -0.2) is 12.9 Å². The smallest absolute Gasteiger partial charge is 0.168 e. The molecule has 0 bridgehead atoms. The summed E-state index contributed by atoms with van der Waals surface area (Å²) in [5.74, 6) is 0.355. The van der Waals surface area contributed by atoms with E-state index in [1.165, 1.54) is 12.1 Å². The number of carbonyl (C=O) groups excluding carboxylic acids is 1. The normalized spacial score (nSPS) is 10.3. The molecule has 0 N–H and O–H groups in total. The van der Waals surface area contributed by atoms with Crippen molar-refractivity contribution in [2.45, 2.75) is 6.42 Å². The number of hydrogen-bond donors (Lipinski definition) is 0. The third-order valence-corrected chi connectivity index (χ3v) is 3.41. The van der Waals surface area contributed by atoms with E-state index in [4.69, 9.17) is 4.74 Å². The molecule has 0 amide bonds. The maximum absolute atomic E-state index is 12.8. The highest BCUT2D eigenvalue weighted by Crippen LogP contribution is 2.24. The molecule has 0 aliphatic carbocycles. The van der Waals surface area contributed by atoms with Crippen molar-refractivity contribution in [3.05, 3.63) is 63.9 Å². The van der Waals surface area contributed by atoms with Crippen LogP contribution in [0.25, 0.3) is 0 Å². The summed E-state index contributed by atoms with van der Waals surface area (Å²) in [5, 5.41) is 0. The molecule has 2 rings (SSSR count). The van der Waals surface area contributed by atoms with E-state index < -0.39 is 0 Å². The van der Waals surface area contributed by atoms with E-state index in [2.05, 4.69) is 15.9 Å². The Morgan fingerprint density at radius 1 is 1.21 bits per heavy atom. The van der Waals surface area contributed by atoms with Gasteiger partial charge in [0.05, 0.1) is 7.11 Å². The maximum atomic E-state index is 12.8.